The smallest absolute Gasteiger partial charge is 0.325 e. The molecule has 0 aliphatic carbocycles. The molecule has 1 saturated heterocycles. The van der Waals surface area contributed by atoms with Crippen molar-refractivity contribution in [1.82, 2.24) is 10.2 Å². The largest absolute Gasteiger partial charge is 0.480 e. The highest BCUT2D eigenvalue weighted by Crippen LogP contribution is 2.06. The van der Waals surface area contributed by atoms with Crippen molar-refractivity contribution in [2.45, 2.75) is 13.0 Å². The van der Waals surface area contributed by atoms with Crippen LogP contribution in [0.1, 0.15) is 6.92 Å². The molecule has 1 aliphatic heterocycles. The average Bonchev–Trinajstić information content (AvgIpc) is 2.16. The summed E-state index contributed by atoms with van der Waals surface area (Å²) < 4.78 is 0. The van der Waals surface area contributed by atoms with Gasteiger partial charge in [-0.05, 0) is 6.92 Å². The quantitative estimate of drug-likeness (QED) is 0.523. The van der Waals surface area contributed by atoms with Crippen molar-refractivity contribution in [3.63, 3.8) is 0 Å². The third kappa shape index (κ3) is 1.36. The van der Waals surface area contributed by atoms with Gasteiger partial charge in [0.1, 0.15) is 12.6 Å². The van der Waals surface area contributed by atoms with Crippen molar-refractivity contribution in [2.75, 3.05) is 6.54 Å². The molecule has 0 aromatic heterocycles. The van der Waals surface area contributed by atoms with Crippen molar-refractivity contribution >= 4 is 17.9 Å². The van der Waals surface area contributed by atoms with Crippen LogP contribution in [0.15, 0.2) is 0 Å². The van der Waals surface area contributed by atoms with Gasteiger partial charge < -0.3 is 10.0 Å². The van der Waals surface area contributed by atoms with Gasteiger partial charge in [0, 0.05) is 0 Å². The van der Waals surface area contributed by atoms with E-state index in [-0.39, 0.29) is 0 Å². The molecule has 0 spiro atoms. The van der Waals surface area contributed by atoms with Crippen LogP contribution in [0.4, 0.5) is 4.79 Å². The van der Waals surface area contributed by atoms with Gasteiger partial charge >= 0.3 is 12.0 Å². The van der Waals surface area contributed by atoms with Crippen LogP contribution in [0, 0.1) is 0 Å². The van der Waals surface area contributed by atoms with Crippen molar-refractivity contribution in [3.8, 4) is 0 Å². The maximum absolute atomic E-state index is 10.9. The van der Waals surface area contributed by atoms with Gasteiger partial charge in [-0.3, -0.25) is 14.9 Å². The lowest BCUT2D eigenvalue weighted by Crippen LogP contribution is -2.37. The number of imide groups is 1. The van der Waals surface area contributed by atoms with Crippen LogP contribution in [-0.2, 0) is 9.59 Å². The van der Waals surface area contributed by atoms with Crippen LogP contribution in [0.2, 0.25) is 0 Å². The Morgan fingerprint density at radius 3 is 2.58 bits per heavy atom. The van der Waals surface area contributed by atoms with Gasteiger partial charge in [-0.25, -0.2) is 4.79 Å². The third-order valence-corrected chi connectivity index (χ3v) is 1.64. The number of carboxylic acids is 1. The molecule has 0 bridgehead atoms. The van der Waals surface area contributed by atoms with Gasteiger partial charge in [0.25, 0.3) is 5.91 Å². The zero-order valence-electron chi connectivity index (χ0n) is 6.40. The highest BCUT2D eigenvalue weighted by Gasteiger charge is 2.35. The number of hydrogen-bond acceptors (Lipinski definition) is 3. The number of nitrogens with one attached hydrogen (secondary N) is 1. The summed E-state index contributed by atoms with van der Waals surface area (Å²) in [4.78, 5) is 32.9. The van der Waals surface area contributed by atoms with Gasteiger partial charge in [0.2, 0.25) is 0 Å². The second kappa shape index (κ2) is 2.80. The van der Waals surface area contributed by atoms with E-state index in [1.807, 2.05) is 5.32 Å². The predicted molar refractivity (Wildman–Crippen MR) is 37.3 cm³/mol. The van der Waals surface area contributed by atoms with Gasteiger partial charge in [-0.2, -0.15) is 0 Å². The molecule has 0 saturated carbocycles. The summed E-state index contributed by atoms with van der Waals surface area (Å²) >= 11 is 0. The number of carbonyl (C=O) groups excluding carboxylic acids is 2. The minimum atomic E-state index is -1.13. The first-order chi connectivity index (χ1) is 5.52. The summed E-state index contributed by atoms with van der Waals surface area (Å²) in [5.41, 5.74) is 0. The van der Waals surface area contributed by atoms with Crippen molar-refractivity contribution < 1.29 is 19.5 Å². The zero-order valence-corrected chi connectivity index (χ0v) is 6.40. The van der Waals surface area contributed by atoms with Gasteiger partial charge in [-0.1, -0.05) is 0 Å². The minimum Gasteiger partial charge on any atom is -0.480 e. The van der Waals surface area contributed by atoms with Crippen molar-refractivity contribution in [2.24, 2.45) is 0 Å². The fourth-order valence-electron chi connectivity index (χ4n) is 0.954. The average molecular weight is 172 g/mol. The lowest BCUT2D eigenvalue weighted by Gasteiger charge is -2.14. The number of rotatable bonds is 2. The van der Waals surface area contributed by atoms with E-state index in [2.05, 4.69) is 0 Å². The van der Waals surface area contributed by atoms with E-state index in [9.17, 15) is 14.4 Å². The molecule has 2 N–H and O–H groups in total. The van der Waals surface area contributed by atoms with Crippen molar-refractivity contribution in [1.29, 1.82) is 0 Å². The van der Waals surface area contributed by atoms with Gasteiger partial charge in [0.15, 0.2) is 0 Å². The first-order valence-electron chi connectivity index (χ1n) is 3.35. The summed E-state index contributed by atoms with van der Waals surface area (Å²) in [7, 11) is 0. The topological polar surface area (TPSA) is 86.7 Å². The number of urea groups is 1. The Kier molecular flexibility index (Phi) is 1.99. The molecule has 1 unspecified atom stereocenters. The number of aliphatic carboxylic acids is 1. The van der Waals surface area contributed by atoms with E-state index in [0.29, 0.717) is 0 Å². The molecule has 6 heteroatoms. The minimum absolute atomic E-state index is 0.446. The summed E-state index contributed by atoms with van der Waals surface area (Å²) in [5, 5.41) is 10.4. The van der Waals surface area contributed by atoms with Crippen LogP contribution in [-0.4, -0.2) is 40.5 Å². The van der Waals surface area contributed by atoms with Crippen LogP contribution in [0.25, 0.3) is 0 Å². The summed E-state index contributed by atoms with van der Waals surface area (Å²) in [6, 6.07) is -1.33. The number of amides is 3. The molecular formula is C6H8N2O4. The molecule has 1 atom stereocenters. The summed E-state index contributed by atoms with van der Waals surface area (Å²) in [6.07, 6.45) is 0. The van der Waals surface area contributed by atoms with E-state index >= 15 is 0 Å². The van der Waals surface area contributed by atoms with Crippen LogP contribution >= 0.6 is 0 Å². The lowest BCUT2D eigenvalue weighted by atomic mass is 10.3. The van der Waals surface area contributed by atoms with E-state index < -0.39 is 30.5 Å². The molecule has 0 aromatic carbocycles. The molecule has 0 radical (unpaired) electrons. The summed E-state index contributed by atoms with van der Waals surface area (Å²) in [5.74, 6) is -1.59. The molecule has 0 aromatic rings. The first kappa shape index (κ1) is 8.51. The number of carbonyl (C=O) groups is 3. The van der Waals surface area contributed by atoms with E-state index in [1.165, 1.54) is 6.92 Å². The molecule has 1 fully saturated rings. The Hall–Kier alpha value is -1.59. The Labute approximate surface area is 68.1 Å². The lowest BCUT2D eigenvalue weighted by molar-refractivity contribution is -0.138. The van der Waals surface area contributed by atoms with Crippen LogP contribution in [0.3, 0.4) is 0 Å². The van der Waals surface area contributed by atoms with E-state index in [4.69, 9.17) is 5.11 Å². The second-order valence-electron chi connectivity index (χ2n) is 2.49. The molecule has 1 aliphatic rings. The number of nitrogens with zero attached hydrogens (tertiary/aromatic N) is 1. The fraction of sp³-hybridized carbons (Fsp3) is 0.500. The normalized spacial score (nSPS) is 22.8. The molecule has 12 heavy (non-hydrogen) atoms. The summed E-state index contributed by atoms with van der Waals surface area (Å²) in [6.45, 7) is 1.03. The highest BCUT2D eigenvalue weighted by molar-refractivity contribution is 6.04. The van der Waals surface area contributed by atoms with Crippen molar-refractivity contribution in [3.05, 3.63) is 0 Å². The Morgan fingerprint density at radius 1 is 1.67 bits per heavy atom. The van der Waals surface area contributed by atoms with Gasteiger partial charge in [0.05, 0.1) is 0 Å². The maximum Gasteiger partial charge on any atom is 0.325 e. The molecule has 66 valence electrons. The Balaban J connectivity index is 2.70. The number of carboxylic acid groups (broad SMARTS) is 1. The SMILES string of the molecule is CC1C(=O)NC(=O)N1CC(=O)O. The van der Waals surface area contributed by atoms with Gasteiger partial charge in [-0.15, -0.1) is 0 Å². The van der Waals surface area contributed by atoms with E-state index in [0.717, 1.165) is 4.90 Å². The highest BCUT2D eigenvalue weighted by atomic mass is 16.4. The molecule has 1 rings (SSSR count). The number of hydrogen-bond donors (Lipinski definition) is 2. The maximum atomic E-state index is 10.9. The first-order valence-corrected chi connectivity index (χ1v) is 3.35. The Bertz CT molecular complexity index is 250. The fourth-order valence-corrected chi connectivity index (χ4v) is 0.954. The zero-order chi connectivity index (χ0) is 9.30. The monoisotopic (exact) mass is 172 g/mol. The molecule has 6 nitrogen and oxygen atoms in total. The molecule has 3 amide bonds. The second-order valence-corrected chi connectivity index (χ2v) is 2.49. The third-order valence-electron chi connectivity index (χ3n) is 1.64. The van der Waals surface area contributed by atoms with Crippen LogP contribution in [0.5, 0.6) is 0 Å². The standard InChI is InChI=1S/C6H8N2O4/c1-3-5(11)7-6(12)8(3)2-4(9)10/h3H,2H2,1H3,(H,9,10)(H,7,11,12). The molecular weight excluding hydrogens is 164 g/mol. The predicted octanol–water partition coefficient (Wildman–Crippen LogP) is -0.989. The molecule has 1 heterocycles. The van der Waals surface area contributed by atoms with E-state index in [1.54, 1.807) is 0 Å². The Morgan fingerprint density at radius 2 is 2.25 bits per heavy atom. The van der Waals surface area contributed by atoms with Crippen LogP contribution < -0.4 is 5.32 Å².